The van der Waals surface area contributed by atoms with Gasteiger partial charge in [-0.15, -0.1) is 0 Å². The van der Waals surface area contributed by atoms with Gasteiger partial charge < -0.3 is 14.9 Å². The van der Waals surface area contributed by atoms with Crippen molar-refractivity contribution in [3.63, 3.8) is 0 Å². The molecule has 3 unspecified atom stereocenters. The van der Waals surface area contributed by atoms with Crippen molar-refractivity contribution < 1.29 is 14.9 Å². The second-order valence-corrected chi connectivity index (χ2v) is 4.73. The van der Waals surface area contributed by atoms with E-state index in [4.69, 9.17) is 9.84 Å². The second kappa shape index (κ2) is 4.34. The van der Waals surface area contributed by atoms with Crippen LogP contribution in [0.2, 0.25) is 0 Å². The van der Waals surface area contributed by atoms with E-state index >= 15 is 0 Å². The van der Waals surface area contributed by atoms with Crippen LogP contribution in [0, 0.1) is 6.92 Å². The summed E-state index contributed by atoms with van der Waals surface area (Å²) in [6.07, 6.45) is -0.00895. The summed E-state index contributed by atoms with van der Waals surface area (Å²) in [5.74, 6) is 0. The SMILES string of the molecule is Cc1cn(C2(C)CC(O)C(CO)O2)[11c](=O)[nH]c1=O. The lowest BCUT2D eigenvalue weighted by Gasteiger charge is -2.26. The second-order valence-electron chi connectivity index (χ2n) is 4.73. The molecule has 0 bridgehead atoms. The number of aromatic nitrogens is 2. The molecule has 0 amide bonds. The lowest BCUT2D eigenvalue weighted by molar-refractivity contribution is -0.108. The quantitative estimate of drug-likeness (QED) is 0.606. The molecular formula is C11H16N2O5. The van der Waals surface area contributed by atoms with Crippen molar-refractivity contribution in [2.24, 2.45) is 0 Å². The van der Waals surface area contributed by atoms with Gasteiger partial charge in [-0.25, -0.2) is 4.79 Å². The third-order valence-electron chi connectivity index (χ3n) is 3.23. The molecule has 0 saturated carbocycles. The van der Waals surface area contributed by atoms with Gasteiger partial charge in [-0.05, 0) is 13.8 Å². The van der Waals surface area contributed by atoms with Gasteiger partial charge in [0.1, 0.15) is 11.8 Å². The minimum Gasteiger partial charge on any atom is -0.394 e. The summed E-state index contributed by atoms with van der Waals surface area (Å²) >= 11 is 0. The first-order chi connectivity index (χ1) is 8.37. The highest BCUT2D eigenvalue weighted by atomic mass is 16.6. The van der Waals surface area contributed by atoms with Crippen molar-refractivity contribution in [2.45, 2.75) is 38.2 Å². The van der Waals surface area contributed by atoms with E-state index in [0.717, 1.165) is 0 Å². The maximum absolute atomic E-state index is 11.8. The van der Waals surface area contributed by atoms with Crippen molar-refractivity contribution >= 4 is 0 Å². The Hall–Kier alpha value is -1.44. The first kappa shape index (κ1) is 13.0. The van der Waals surface area contributed by atoms with Crippen molar-refractivity contribution in [3.05, 3.63) is 32.6 Å². The highest BCUT2D eigenvalue weighted by Gasteiger charge is 2.44. The number of rotatable bonds is 2. The maximum atomic E-state index is 11.8. The molecule has 1 aromatic heterocycles. The summed E-state index contributed by atoms with van der Waals surface area (Å²) in [5, 5.41) is 18.8. The van der Waals surface area contributed by atoms with E-state index in [-0.39, 0.29) is 13.0 Å². The topological polar surface area (TPSA) is 105 Å². The van der Waals surface area contributed by atoms with Crippen molar-refractivity contribution in [2.75, 3.05) is 6.61 Å². The monoisotopic (exact) mass is 255 g/mol. The summed E-state index contributed by atoms with van der Waals surface area (Å²) in [6, 6.07) is 0. The fraction of sp³-hybridized carbons (Fsp3) is 0.636. The normalized spacial score (nSPS) is 31.8. The van der Waals surface area contributed by atoms with Crippen LogP contribution in [0.5, 0.6) is 0 Å². The van der Waals surface area contributed by atoms with Gasteiger partial charge in [-0.2, -0.15) is 0 Å². The van der Waals surface area contributed by atoms with E-state index in [1.54, 1.807) is 13.8 Å². The number of ether oxygens (including phenoxy) is 1. The van der Waals surface area contributed by atoms with Gasteiger partial charge in [-0.3, -0.25) is 14.3 Å². The number of hydrogen-bond acceptors (Lipinski definition) is 5. The third kappa shape index (κ3) is 2.00. The molecule has 0 aliphatic carbocycles. The highest BCUT2D eigenvalue weighted by Crippen LogP contribution is 2.33. The Labute approximate surface area is 103 Å². The van der Waals surface area contributed by atoms with Crippen LogP contribution >= 0.6 is 0 Å². The Morgan fingerprint density at radius 2 is 2.28 bits per heavy atom. The fourth-order valence-electron chi connectivity index (χ4n) is 2.20. The highest BCUT2D eigenvalue weighted by molar-refractivity contribution is 5.04. The van der Waals surface area contributed by atoms with Gasteiger partial charge >= 0.3 is 5.69 Å². The number of nitrogens with one attached hydrogen (secondary N) is 1. The van der Waals surface area contributed by atoms with E-state index in [1.165, 1.54) is 10.8 Å². The zero-order chi connectivity index (χ0) is 13.5. The Bertz CT molecular complexity index is 563. The molecule has 18 heavy (non-hydrogen) atoms. The summed E-state index contributed by atoms with van der Waals surface area (Å²) < 4.78 is 6.75. The van der Waals surface area contributed by atoms with Crippen LogP contribution in [0.15, 0.2) is 15.8 Å². The zero-order valence-corrected chi connectivity index (χ0v) is 10.2. The molecule has 100 valence electrons. The number of aryl methyl sites for hydroxylation is 1. The Morgan fingerprint density at radius 1 is 1.61 bits per heavy atom. The van der Waals surface area contributed by atoms with Gasteiger partial charge in [-0.1, -0.05) is 0 Å². The molecule has 3 atom stereocenters. The predicted molar refractivity (Wildman–Crippen MR) is 62.3 cm³/mol. The standard InChI is InChI=1S/C11H16N2O5/c1-6-4-13(10(17)12-9(6)16)11(2)3-7(15)8(5-14)18-11/h4,7-8,14-15H,3,5H2,1-2H3,(H,12,16,17)/i10-1. The van der Waals surface area contributed by atoms with Crippen LogP contribution in [-0.4, -0.2) is 38.6 Å². The summed E-state index contributed by atoms with van der Waals surface area (Å²) in [5.41, 5.74) is -1.74. The van der Waals surface area contributed by atoms with Crippen LogP contribution in [0.4, 0.5) is 0 Å². The first-order valence-corrected chi connectivity index (χ1v) is 5.67. The Morgan fingerprint density at radius 3 is 2.83 bits per heavy atom. The summed E-state index contributed by atoms with van der Waals surface area (Å²) in [4.78, 5) is 25.3. The summed E-state index contributed by atoms with van der Waals surface area (Å²) in [7, 11) is 0. The van der Waals surface area contributed by atoms with E-state index in [1.807, 2.05) is 0 Å². The van der Waals surface area contributed by atoms with Gasteiger partial charge in [0.25, 0.3) is 5.56 Å². The van der Waals surface area contributed by atoms with E-state index < -0.39 is 29.2 Å². The van der Waals surface area contributed by atoms with Crippen molar-refractivity contribution in [3.8, 4) is 0 Å². The van der Waals surface area contributed by atoms with Crippen LogP contribution in [0.1, 0.15) is 18.9 Å². The van der Waals surface area contributed by atoms with E-state index in [2.05, 4.69) is 4.98 Å². The molecule has 0 aromatic carbocycles. The number of nitrogens with zero attached hydrogens (tertiary/aromatic N) is 1. The molecule has 3 N–H and O–H groups in total. The Balaban J connectivity index is 2.47. The smallest absolute Gasteiger partial charge is 0.330 e. The molecule has 1 aliphatic heterocycles. The number of aliphatic hydroxyl groups is 2. The summed E-state index contributed by atoms with van der Waals surface area (Å²) in [6.45, 7) is 2.88. The molecule has 1 saturated heterocycles. The number of aromatic amines is 1. The molecule has 7 nitrogen and oxygen atoms in total. The first-order valence-electron chi connectivity index (χ1n) is 5.67. The maximum Gasteiger partial charge on any atom is 0.330 e. The average molecular weight is 255 g/mol. The van der Waals surface area contributed by atoms with Gasteiger partial charge in [0.05, 0.1) is 12.7 Å². The van der Waals surface area contributed by atoms with Gasteiger partial charge in [0.15, 0.2) is 0 Å². The molecule has 1 aromatic rings. The average Bonchev–Trinajstić information content (AvgIpc) is 2.59. The van der Waals surface area contributed by atoms with Crippen molar-refractivity contribution in [1.82, 2.24) is 9.55 Å². The molecule has 2 rings (SSSR count). The van der Waals surface area contributed by atoms with Gasteiger partial charge in [0.2, 0.25) is 0 Å². The molecular weight excluding hydrogens is 239 g/mol. The van der Waals surface area contributed by atoms with E-state index in [0.29, 0.717) is 5.56 Å². The van der Waals surface area contributed by atoms with Crippen LogP contribution in [0.3, 0.4) is 0 Å². The lowest BCUT2D eigenvalue weighted by Crippen LogP contribution is -2.43. The molecule has 2 heterocycles. The van der Waals surface area contributed by atoms with Crippen molar-refractivity contribution in [1.29, 1.82) is 0 Å². The van der Waals surface area contributed by atoms with Crippen LogP contribution < -0.4 is 11.2 Å². The molecule has 0 radical (unpaired) electrons. The fourth-order valence-corrected chi connectivity index (χ4v) is 2.20. The van der Waals surface area contributed by atoms with Crippen LogP contribution in [-0.2, 0) is 10.5 Å². The largest absolute Gasteiger partial charge is 0.394 e. The molecule has 0 spiro atoms. The van der Waals surface area contributed by atoms with Crippen LogP contribution in [0.25, 0.3) is 0 Å². The number of hydrogen-bond donors (Lipinski definition) is 3. The third-order valence-corrected chi connectivity index (χ3v) is 3.23. The predicted octanol–water partition coefficient (Wildman–Crippen LogP) is -1.34. The van der Waals surface area contributed by atoms with E-state index in [9.17, 15) is 14.7 Å². The molecule has 1 fully saturated rings. The minimum absolute atomic E-state index is 0.170. The number of aliphatic hydroxyl groups excluding tert-OH is 2. The zero-order valence-electron chi connectivity index (χ0n) is 10.2. The number of H-pyrrole nitrogens is 1. The lowest BCUT2D eigenvalue weighted by atomic mass is 10.1. The van der Waals surface area contributed by atoms with Gasteiger partial charge in [0, 0.05) is 18.2 Å². The Kier molecular flexibility index (Phi) is 3.14. The molecule has 1 aliphatic rings. The molecule has 7 heteroatoms. The minimum atomic E-state index is -1.07.